The summed E-state index contributed by atoms with van der Waals surface area (Å²) in [6.07, 6.45) is -0.122. The van der Waals surface area contributed by atoms with Gasteiger partial charge in [0.05, 0.1) is 13.5 Å². The van der Waals surface area contributed by atoms with Crippen LogP contribution < -0.4 is 15.0 Å². The van der Waals surface area contributed by atoms with E-state index < -0.39 is 5.97 Å². The topological polar surface area (TPSA) is 95.9 Å². The van der Waals surface area contributed by atoms with Crippen LogP contribution in [0.1, 0.15) is 23.2 Å². The van der Waals surface area contributed by atoms with Crippen molar-refractivity contribution in [2.45, 2.75) is 12.8 Å². The number of ether oxygens (including phenoxy) is 1. The van der Waals surface area contributed by atoms with Crippen molar-refractivity contribution in [2.75, 3.05) is 25.1 Å². The maximum absolute atomic E-state index is 13.0. The fourth-order valence-corrected chi connectivity index (χ4v) is 2.59. The van der Waals surface area contributed by atoms with Gasteiger partial charge in [0.25, 0.3) is 5.91 Å². The second-order valence-corrected chi connectivity index (χ2v) is 6.34. The molecule has 0 spiro atoms. The molecule has 2 rings (SSSR count). The van der Waals surface area contributed by atoms with Crippen LogP contribution in [0.3, 0.4) is 0 Å². The number of carbonyl (C=O) groups excluding carboxylic acids is 2. The van der Waals surface area contributed by atoms with Crippen molar-refractivity contribution in [3.63, 3.8) is 0 Å². The van der Waals surface area contributed by atoms with Crippen molar-refractivity contribution in [1.29, 1.82) is 0 Å². The van der Waals surface area contributed by atoms with Gasteiger partial charge in [-0.15, -0.1) is 0 Å². The molecule has 0 radical (unpaired) electrons. The first-order valence-electron chi connectivity index (χ1n) is 8.60. The van der Waals surface area contributed by atoms with Gasteiger partial charge < -0.3 is 20.1 Å². The predicted molar refractivity (Wildman–Crippen MR) is 106 cm³/mol. The molecule has 28 heavy (non-hydrogen) atoms. The number of carboxylic acid groups (broad SMARTS) is 1. The first-order valence-corrected chi connectivity index (χ1v) is 8.98. The molecule has 0 atom stereocenters. The van der Waals surface area contributed by atoms with Crippen LogP contribution in [0.4, 0.5) is 5.69 Å². The van der Waals surface area contributed by atoms with E-state index in [1.807, 2.05) is 0 Å². The van der Waals surface area contributed by atoms with Crippen LogP contribution in [0.15, 0.2) is 48.5 Å². The molecule has 2 aromatic carbocycles. The van der Waals surface area contributed by atoms with Gasteiger partial charge in [0.1, 0.15) is 5.75 Å². The molecule has 148 valence electrons. The molecule has 0 fully saturated rings. The zero-order valence-corrected chi connectivity index (χ0v) is 16.1. The fraction of sp³-hybridized carbons (Fsp3) is 0.250. The number of nitrogens with one attached hydrogen (secondary N) is 1. The summed E-state index contributed by atoms with van der Waals surface area (Å²) in [6, 6.07) is 13.4. The van der Waals surface area contributed by atoms with Crippen LogP contribution in [0.25, 0.3) is 0 Å². The highest BCUT2D eigenvalue weighted by atomic mass is 35.5. The van der Waals surface area contributed by atoms with E-state index in [4.69, 9.17) is 21.4 Å². The Hall–Kier alpha value is -3.06. The van der Waals surface area contributed by atoms with Crippen LogP contribution in [-0.4, -0.2) is 43.1 Å². The summed E-state index contributed by atoms with van der Waals surface area (Å²) >= 11 is 5.89. The molecule has 0 saturated heterocycles. The number of methoxy groups -OCH3 is 1. The fourth-order valence-electron chi connectivity index (χ4n) is 2.47. The summed E-state index contributed by atoms with van der Waals surface area (Å²) in [5.41, 5.74) is 1.05. The molecule has 0 bridgehead atoms. The van der Waals surface area contributed by atoms with Gasteiger partial charge in [-0.05, 0) is 48.5 Å². The standard InChI is InChI=1S/C20H21ClN2O5/c1-28-17-8-6-16(7-9-17)23(13-11-18(24)22-12-10-19(25)26)20(27)14-2-4-15(21)5-3-14/h2-9H,10-13H2,1H3,(H,22,24)(H,25,26). The predicted octanol–water partition coefficient (Wildman–Crippen LogP) is 2.98. The molecule has 0 aliphatic rings. The normalized spacial score (nSPS) is 10.2. The molecular formula is C20H21ClN2O5. The number of anilines is 1. The lowest BCUT2D eigenvalue weighted by Crippen LogP contribution is -2.35. The van der Waals surface area contributed by atoms with E-state index in [1.54, 1.807) is 55.6 Å². The smallest absolute Gasteiger partial charge is 0.305 e. The van der Waals surface area contributed by atoms with Gasteiger partial charge in [-0.25, -0.2) is 0 Å². The first kappa shape index (κ1) is 21.2. The van der Waals surface area contributed by atoms with Crippen molar-refractivity contribution in [2.24, 2.45) is 0 Å². The lowest BCUT2D eigenvalue weighted by molar-refractivity contribution is -0.136. The number of nitrogens with zero attached hydrogens (tertiary/aromatic N) is 1. The van der Waals surface area contributed by atoms with E-state index >= 15 is 0 Å². The van der Waals surface area contributed by atoms with Gasteiger partial charge in [-0.3, -0.25) is 14.4 Å². The Balaban J connectivity index is 2.13. The van der Waals surface area contributed by atoms with Gasteiger partial charge in [0, 0.05) is 35.8 Å². The molecular weight excluding hydrogens is 384 g/mol. The van der Waals surface area contributed by atoms with Crippen LogP contribution in [0.2, 0.25) is 5.02 Å². The Labute approximate surface area is 167 Å². The van der Waals surface area contributed by atoms with Crippen LogP contribution in [0, 0.1) is 0 Å². The maximum atomic E-state index is 13.0. The summed E-state index contributed by atoms with van der Waals surface area (Å²) in [5, 5.41) is 11.7. The summed E-state index contributed by atoms with van der Waals surface area (Å²) in [4.78, 5) is 37.0. The second-order valence-electron chi connectivity index (χ2n) is 5.91. The summed E-state index contributed by atoms with van der Waals surface area (Å²) < 4.78 is 5.14. The highest BCUT2D eigenvalue weighted by Crippen LogP contribution is 2.22. The number of amides is 2. The zero-order chi connectivity index (χ0) is 20.5. The van der Waals surface area contributed by atoms with Gasteiger partial charge in [-0.2, -0.15) is 0 Å². The van der Waals surface area contributed by atoms with E-state index in [2.05, 4.69) is 5.32 Å². The Bertz CT molecular complexity index is 821. The first-order chi connectivity index (χ1) is 13.4. The highest BCUT2D eigenvalue weighted by Gasteiger charge is 2.19. The minimum Gasteiger partial charge on any atom is -0.497 e. The van der Waals surface area contributed by atoms with Gasteiger partial charge in [0.15, 0.2) is 0 Å². The van der Waals surface area contributed by atoms with E-state index in [0.717, 1.165) is 0 Å². The second kappa shape index (κ2) is 10.3. The zero-order valence-electron chi connectivity index (χ0n) is 15.4. The number of hydrogen-bond acceptors (Lipinski definition) is 4. The van der Waals surface area contributed by atoms with E-state index in [1.165, 1.54) is 4.90 Å². The summed E-state index contributed by atoms with van der Waals surface area (Å²) in [7, 11) is 1.55. The molecule has 0 saturated carbocycles. The lowest BCUT2D eigenvalue weighted by atomic mass is 10.1. The third-order valence-electron chi connectivity index (χ3n) is 3.94. The van der Waals surface area contributed by atoms with Crippen molar-refractivity contribution in [3.05, 3.63) is 59.1 Å². The van der Waals surface area contributed by atoms with Crippen molar-refractivity contribution >= 4 is 35.1 Å². The molecule has 8 heteroatoms. The molecule has 2 aromatic rings. The maximum Gasteiger partial charge on any atom is 0.305 e. The van der Waals surface area contributed by atoms with Crippen LogP contribution >= 0.6 is 11.6 Å². The average Bonchev–Trinajstić information content (AvgIpc) is 2.68. The Morgan fingerprint density at radius 1 is 1.04 bits per heavy atom. The van der Waals surface area contributed by atoms with Gasteiger partial charge >= 0.3 is 5.97 Å². The Morgan fingerprint density at radius 3 is 2.25 bits per heavy atom. The minimum absolute atomic E-state index is 0.0327. The number of hydrogen-bond donors (Lipinski definition) is 2. The van der Waals surface area contributed by atoms with Crippen LogP contribution in [-0.2, 0) is 9.59 Å². The molecule has 0 heterocycles. The highest BCUT2D eigenvalue weighted by molar-refractivity contribution is 6.30. The number of benzene rings is 2. The molecule has 7 nitrogen and oxygen atoms in total. The monoisotopic (exact) mass is 404 g/mol. The number of carboxylic acids is 1. The number of carbonyl (C=O) groups is 3. The SMILES string of the molecule is COc1ccc(N(CCC(=O)NCCC(=O)O)C(=O)c2ccc(Cl)cc2)cc1. The third-order valence-corrected chi connectivity index (χ3v) is 4.20. The van der Waals surface area contributed by atoms with Crippen LogP contribution in [0.5, 0.6) is 5.75 Å². The quantitative estimate of drug-likeness (QED) is 0.669. The third kappa shape index (κ3) is 6.28. The number of rotatable bonds is 9. The molecule has 0 aliphatic carbocycles. The minimum atomic E-state index is -0.988. The van der Waals surface area contributed by atoms with E-state index in [9.17, 15) is 14.4 Å². The molecule has 0 aromatic heterocycles. The Kier molecular flexibility index (Phi) is 7.83. The van der Waals surface area contributed by atoms with Crippen molar-refractivity contribution in [3.8, 4) is 5.75 Å². The van der Waals surface area contributed by atoms with Gasteiger partial charge in [-0.1, -0.05) is 11.6 Å². The number of halogens is 1. The Morgan fingerprint density at radius 2 is 1.68 bits per heavy atom. The molecule has 0 unspecified atom stereocenters. The van der Waals surface area contributed by atoms with Crippen molar-refractivity contribution in [1.82, 2.24) is 5.32 Å². The van der Waals surface area contributed by atoms with Gasteiger partial charge in [0.2, 0.25) is 5.91 Å². The molecule has 2 amide bonds. The summed E-state index contributed by atoms with van der Waals surface area (Å²) in [6.45, 7) is 0.175. The average molecular weight is 405 g/mol. The lowest BCUT2D eigenvalue weighted by Gasteiger charge is -2.23. The van der Waals surface area contributed by atoms with E-state index in [0.29, 0.717) is 22.0 Å². The largest absolute Gasteiger partial charge is 0.497 e. The van der Waals surface area contributed by atoms with E-state index in [-0.39, 0.29) is 37.7 Å². The summed E-state index contributed by atoms with van der Waals surface area (Å²) in [5.74, 6) is -0.948. The molecule has 0 aliphatic heterocycles. The van der Waals surface area contributed by atoms with Crippen molar-refractivity contribution < 1.29 is 24.2 Å². The molecule has 2 N–H and O–H groups in total. The number of aliphatic carboxylic acids is 1.